The van der Waals surface area contributed by atoms with Crippen LogP contribution in [0.3, 0.4) is 0 Å². The first-order valence-corrected chi connectivity index (χ1v) is 5.26. The van der Waals surface area contributed by atoms with E-state index in [0.29, 0.717) is 0 Å². The number of carbonyl (C=O) groups excluding carboxylic acids is 1. The molecule has 0 spiro atoms. The van der Waals surface area contributed by atoms with E-state index in [-0.39, 0.29) is 13.0 Å². The van der Waals surface area contributed by atoms with Crippen LogP contribution >= 0.6 is 0 Å². The number of carboxylic acids is 1. The summed E-state index contributed by atoms with van der Waals surface area (Å²) in [4.78, 5) is 22.4. The zero-order valence-corrected chi connectivity index (χ0v) is 8.85. The number of fused-ring (bicyclic) bond motifs is 1. The van der Waals surface area contributed by atoms with Crippen molar-refractivity contribution in [3.8, 4) is 0 Å². The lowest BCUT2D eigenvalue weighted by molar-refractivity contribution is -0.148. The molecular formula is C10H14FNO4. The molecule has 90 valence electrons. The first-order valence-electron chi connectivity index (χ1n) is 5.26. The molecule has 5 nitrogen and oxygen atoms in total. The minimum Gasteiger partial charge on any atom is -0.480 e. The first kappa shape index (κ1) is 11.3. The molecule has 2 fully saturated rings. The summed E-state index contributed by atoms with van der Waals surface area (Å²) < 4.78 is 18.3. The fourth-order valence-electron chi connectivity index (χ4n) is 2.82. The summed E-state index contributed by atoms with van der Waals surface area (Å²) >= 11 is 0. The number of carboxylic acid groups (broad SMARTS) is 1. The lowest BCUT2D eigenvalue weighted by Gasteiger charge is -2.22. The summed E-state index contributed by atoms with van der Waals surface area (Å²) in [6, 6.07) is 0. The van der Waals surface area contributed by atoms with E-state index in [1.807, 2.05) is 0 Å². The Morgan fingerprint density at radius 3 is 2.75 bits per heavy atom. The number of rotatable bonds is 3. The summed E-state index contributed by atoms with van der Waals surface area (Å²) in [6.07, 6.45) is -1.53. The lowest BCUT2D eigenvalue weighted by atomic mass is 9.91. The summed E-state index contributed by atoms with van der Waals surface area (Å²) in [5.41, 5.74) is 4.04. The average molecular weight is 231 g/mol. The van der Waals surface area contributed by atoms with Crippen LogP contribution in [0, 0.1) is 17.8 Å². The molecule has 0 saturated heterocycles. The van der Waals surface area contributed by atoms with Crippen molar-refractivity contribution in [2.24, 2.45) is 23.5 Å². The number of esters is 1. The second kappa shape index (κ2) is 3.41. The largest absolute Gasteiger partial charge is 0.480 e. The van der Waals surface area contributed by atoms with Gasteiger partial charge < -0.3 is 15.6 Å². The van der Waals surface area contributed by atoms with Crippen molar-refractivity contribution in [2.45, 2.75) is 25.1 Å². The second-order valence-corrected chi connectivity index (χ2v) is 4.45. The van der Waals surface area contributed by atoms with Gasteiger partial charge in [-0.1, -0.05) is 0 Å². The molecule has 6 heteroatoms. The minimum atomic E-state index is -1.61. The SMILES string of the molecule is CCOC(=O)C1C2C(F)CC(N)(C(=O)O)C12. The molecule has 0 aliphatic heterocycles. The summed E-state index contributed by atoms with van der Waals surface area (Å²) in [7, 11) is 0. The van der Waals surface area contributed by atoms with Gasteiger partial charge in [-0.3, -0.25) is 9.59 Å². The monoisotopic (exact) mass is 231 g/mol. The van der Waals surface area contributed by atoms with Crippen LogP contribution in [0.4, 0.5) is 4.39 Å². The normalized spacial score (nSPS) is 44.9. The molecule has 0 aromatic carbocycles. The van der Waals surface area contributed by atoms with Crippen molar-refractivity contribution in [1.82, 2.24) is 0 Å². The van der Waals surface area contributed by atoms with Crippen LogP contribution in [0.5, 0.6) is 0 Å². The Kier molecular flexibility index (Phi) is 2.41. The number of hydrogen-bond acceptors (Lipinski definition) is 4. The number of hydrogen-bond donors (Lipinski definition) is 2. The quantitative estimate of drug-likeness (QED) is 0.664. The van der Waals surface area contributed by atoms with Gasteiger partial charge in [-0.25, -0.2) is 4.39 Å². The number of nitrogens with two attached hydrogens (primary N) is 1. The Morgan fingerprint density at radius 2 is 2.25 bits per heavy atom. The molecule has 0 heterocycles. The maximum Gasteiger partial charge on any atom is 0.324 e. The average Bonchev–Trinajstić information content (AvgIpc) is 2.86. The number of ether oxygens (including phenoxy) is 1. The van der Waals surface area contributed by atoms with Crippen molar-refractivity contribution < 1.29 is 23.8 Å². The zero-order chi connectivity index (χ0) is 12.1. The van der Waals surface area contributed by atoms with E-state index in [9.17, 15) is 14.0 Å². The molecule has 0 aromatic heterocycles. The van der Waals surface area contributed by atoms with Gasteiger partial charge >= 0.3 is 11.9 Å². The summed E-state index contributed by atoms with van der Waals surface area (Å²) in [5.74, 6) is -3.63. The molecule has 3 N–H and O–H groups in total. The number of alkyl halides is 1. The van der Waals surface area contributed by atoms with Crippen LogP contribution in [-0.2, 0) is 14.3 Å². The second-order valence-electron chi connectivity index (χ2n) is 4.45. The van der Waals surface area contributed by atoms with Crippen molar-refractivity contribution in [1.29, 1.82) is 0 Å². The van der Waals surface area contributed by atoms with Gasteiger partial charge in [0.15, 0.2) is 0 Å². The lowest BCUT2D eigenvalue weighted by Crippen LogP contribution is -2.50. The Morgan fingerprint density at radius 1 is 1.62 bits per heavy atom. The predicted molar refractivity (Wildman–Crippen MR) is 51.2 cm³/mol. The molecule has 0 radical (unpaired) electrons. The third kappa shape index (κ3) is 1.32. The molecule has 16 heavy (non-hydrogen) atoms. The third-order valence-electron chi connectivity index (χ3n) is 3.58. The van der Waals surface area contributed by atoms with Crippen LogP contribution in [0.1, 0.15) is 13.3 Å². The van der Waals surface area contributed by atoms with Gasteiger partial charge in [0.2, 0.25) is 0 Å². The molecule has 0 bridgehead atoms. The Balaban J connectivity index is 2.15. The smallest absolute Gasteiger partial charge is 0.324 e. The van der Waals surface area contributed by atoms with Crippen molar-refractivity contribution >= 4 is 11.9 Å². The Labute approximate surface area is 91.7 Å². The maximum absolute atomic E-state index is 13.5. The van der Waals surface area contributed by atoms with Crippen LogP contribution < -0.4 is 5.73 Å². The van der Waals surface area contributed by atoms with Crippen LogP contribution in [-0.4, -0.2) is 35.4 Å². The third-order valence-corrected chi connectivity index (χ3v) is 3.58. The van der Waals surface area contributed by atoms with Gasteiger partial charge in [0.1, 0.15) is 11.7 Å². The molecule has 5 unspecified atom stereocenters. The van der Waals surface area contributed by atoms with E-state index < -0.39 is 41.4 Å². The highest BCUT2D eigenvalue weighted by atomic mass is 19.1. The Bertz CT molecular complexity index is 348. The molecule has 2 rings (SSSR count). The van der Waals surface area contributed by atoms with Gasteiger partial charge in [0.25, 0.3) is 0 Å². The predicted octanol–water partition coefficient (Wildman–Crippen LogP) is -0.0644. The van der Waals surface area contributed by atoms with Gasteiger partial charge in [-0.05, 0) is 6.92 Å². The van der Waals surface area contributed by atoms with Crippen LogP contribution in [0.15, 0.2) is 0 Å². The summed E-state index contributed by atoms with van der Waals surface area (Å²) in [6.45, 7) is 1.85. The first-order chi connectivity index (χ1) is 7.43. The molecule has 2 aliphatic rings. The van der Waals surface area contributed by atoms with Crippen molar-refractivity contribution in [3.63, 3.8) is 0 Å². The fraction of sp³-hybridized carbons (Fsp3) is 0.800. The van der Waals surface area contributed by atoms with E-state index in [1.165, 1.54) is 0 Å². The molecule has 0 amide bonds. The van der Waals surface area contributed by atoms with E-state index in [0.717, 1.165) is 0 Å². The van der Waals surface area contributed by atoms with E-state index >= 15 is 0 Å². The Hall–Kier alpha value is -1.17. The minimum absolute atomic E-state index is 0.205. The summed E-state index contributed by atoms with van der Waals surface area (Å²) in [5, 5.41) is 8.97. The number of carbonyl (C=O) groups is 2. The van der Waals surface area contributed by atoms with Gasteiger partial charge in [-0.2, -0.15) is 0 Å². The van der Waals surface area contributed by atoms with E-state index in [1.54, 1.807) is 6.92 Å². The van der Waals surface area contributed by atoms with E-state index in [2.05, 4.69) is 0 Å². The molecular weight excluding hydrogens is 217 g/mol. The highest BCUT2D eigenvalue weighted by molar-refractivity contribution is 5.86. The van der Waals surface area contributed by atoms with E-state index in [4.69, 9.17) is 15.6 Å². The van der Waals surface area contributed by atoms with Gasteiger partial charge in [-0.15, -0.1) is 0 Å². The zero-order valence-electron chi connectivity index (χ0n) is 8.85. The molecule has 5 atom stereocenters. The van der Waals surface area contributed by atoms with Gasteiger partial charge in [0, 0.05) is 18.3 Å². The maximum atomic E-state index is 13.5. The topological polar surface area (TPSA) is 89.6 Å². The fourth-order valence-corrected chi connectivity index (χ4v) is 2.82. The number of aliphatic carboxylic acids is 1. The molecule has 2 saturated carbocycles. The van der Waals surface area contributed by atoms with Crippen molar-refractivity contribution in [3.05, 3.63) is 0 Å². The standard InChI is InChI=1S/C10H14FNO4/c1-2-16-8(13)6-5-4(11)3-10(12,7(5)6)9(14)15/h4-7H,2-3,12H2,1H3,(H,14,15). The molecule has 2 aliphatic carbocycles. The van der Waals surface area contributed by atoms with Crippen LogP contribution in [0.25, 0.3) is 0 Å². The highest BCUT2D eigenvalue weighted by Gasteiger charge is 2.74. The number of halogens is 1. The van der Waals surface area contributed by atoms with Crippen LogP contribution in [0.2, 0.25) is 0 Å². The molecule has 0 aromatic rings. The van der Waals surface area contributed by atoms with Gasteiger partial charge in [0.05, 0.1) is 12.5 Å². The highest BCUT2D eigenvalue weighted by Crippen LogP contribution is 2.62. The van der Waals surface area contributed by atoms with Crippen molar-refractivity contribution in [2.75, 3.05) is 6.61 Å².